The number of rotatable bonds is 5. The number of aromatic nitrogens is 1. The molecule has 3 aromatic rings. The molecule has 0 aliphatic carbocycles. The van der Waals surface area contributed by atoms with Crippen LogP contribution in [0.4, 0.5) is 26.3 Å². The van der Waals surface area contributed by atoms with Crippen LogP contribution in [0.5, 0.6) is 11.6 Å². The number of nitrogens with one attached hydrogen (secondary N) is 1. The summed E-state index contributed by atoms with van der Waals surface area (Å²) in [7, 11) is 0. The van der Waals surface area contributed by atoms with Gasteiger partial charge in [0.05, 0.1) is 6.54 Å². The van der Waals surface area contributed by atoms with Crippen LogP contribution < -0.4 is 10.2 Å². The zero-order valence-corrected chi connectivity index (χ0v) is 14.8. The van der Waals surface area contributed by atoms with Crippen molar-refractivity contribution in [2.45, 2.75) is 6.54 Å². The lowest BCUT2D eigenvalue weighted by Crippen LogP contribution is -2.21. The van der Waals surface area contributed by atoms with E-state index in [4.69, 9.17) is 4.74 Å². The predicted molar refractivity (Wildman–Crippen MR) is 92.1 cm³/mol. The highest BCUT2D eigenvalue weighted by atomic mass is 19.2. The molecule has 1 aromatic heterocycles. The monoisotopic (exact) mass is 427 g/mol. The fourth-order valence-corrected chi connectivity index (χ4v) is 2.36. The first kappa shape index (κ1) is 21.1. The van der Waals surface area contributed by atoms with Crippen molar-refractivity contribution < 1.29 is 36.3 Å². The molecule has 0 amide bonds. The molecule has 0 unspecified atom stereocenters. The molecule has 0 spiro atoms. The average molecular weight is 427 g/mol. The maximum atomic E-state index is 13.7. The lowest BCUT2D eigenvalue weighted by atomic mass is 10.2. The Bertz CT molecular complexity index is 1060. The molecule has 0 saturated heterocycles. The van der Waals surface area contributed by atoms with E-state index in [1.807, 2.05) is 0 Å². The summed E-state index contributed by atoms with van der Waals surface area (Å²) in [5, 5.41) is 9.22. The van der Waals surface area contributed by atoms with Crippen molar-refractivity contribution in [3.05, 3.63) is 88.6 Å². The average Bonchev–Trinajstić information content (AvgIpc) is 2.73. The minimum atomic E-state index is -1.74. The van der Waals surface area contributed by atoms with Crippen molar-refractivity contribution in [1.82, 2.24) is 10.5 Å². The van der Waals surface area contributed by atoms with Crippen LogP contribution in [0.15, 0.2) is 47.6 Å². The van der Waals surface area contributed by atoms with Crippen LogP contribution in [-0.2, 0) is 6.54 Å². The van der Waals surface area contributed by atoms with E-state index in [0.717, 1.165) is 24.4 Å². The van der Waals surface area contributed by atoms with Gasteiger partial charge in [-0.3, -0.25) is 15.7 Å². The Hall–Kier alpha value is -3.60. The Morgan fingerprint density at radius 3 is 2.10 bits per heavy atom. The number of nitrogens with zero attached hydrogens (tertiary/aromatic N) is 2. The number of ether oxygens (including phenoxy) is 1. The van der Waals surface area contributed by atoms with E-state index in [0.29, 0.717) is 0 Å². The maximum absolute atomic E-state index is 13.7. The highest BCUT2D eigenvalue weighted by molar-refractivity contribution is 5.97. The summed E-state index contributed by atoms with van der Waals surface area (Å²) in [5.74, 6) is -10.4. The van der Waals surface area contributed by atoms with Gasteiger partial charge in [-0.25, -0.2) is 22.5 Å². The topological polar surface area (TPSA) is 66.7 Å². The predicted octanol–water partition coefficient (Wildman–Crippen LogP) is 4.63. The van der Waals surface area contributed by atoms with Crippen LogP contribution in [0.1, 0.15) is 11.1 Å². The third-order valence-electron chi connectivity index (χ3n) is 3.85. The minimum Gasteiger partial charge on any atom is -0.433 e. The van der Waals surface area contributed by atoms with E-state index >= 15 is 0 Å². The second-order valence-electron chi connectivity index (χ2n) is 5.76. The van der Waals surface area contributed by atoms with Crippen molar-refractivity contribution in [3.63, 3.8) is 0 Å². The molecule has 0 bridgehead atoms. The molecule has 2 N–H and O–H groups in total. The quantitative estimate of drug-likeness (QED) is 0.205. The summed E-state index contributed by atoms with van der Waals surface area (Å²) >= 11 is 0. The lowest BCUT2D eigenvalue weighted by Gasteiger charge is -2.10. The summed E-state index contributed by atoms with van der Waals surface area (Å²) in [6.45, 7) is -0.460. The molecule has 0 fully saturated rings. The van der Waals surface area contributed by atoms with Gasteiger partial charge in [-0.2, -0.15) is 8.78 Å². The van der Waals surface area contributed by atoms with Gasteiger partial charge in [-0.1, -0.05) is 6.07 Å². The number of aliphatic imine (C=N–C) groups is 1. The van der Waals surface area contributed by atoms with Gasteiger partial charge in [0.15, 0.2) is 17.5 Å². The third-order valence-corrected chi connectivity index (χ3v) is 3.85. The van der Waals surface area contributed by atoms with Crippen molar-refractivity contribution in [1.29, 1.82) is 0 Å². The molecule has 0 radical (unpaired) electrons. The molecule has 30 heavy (non-hydrogen) atoms. The second kappa shape index (κ2) is 8.82. The first-order chi connectivity index (χ1) is 14.3. The molecule has 0 saturated carbocycles. The molecule has 5 nitrogen and oxygen atoms in total. The van der Waals surface area contributed by atoms with Gasteiger partial charge in [0.25, 0.3) is 0 Å². The molecule has 0 aliphatic heterocycles. The van der Waals surface area contributed by atoms with E-state index in [9.17, 15) is 31.5 Å². The number of hydrogen-bond donors (Lipinski definition) is 2. The maximum Gasteiger partial charge on any atom is 0.219 e. The fourth-order valence-electron chi connectivity index (χ4n) is 2.36. The number of pyridine rings is 1. The molecular formula is C19H11F6N3O2. The van der Waals surface area contributed by atoms with E-state index in [-0.39, 0.29) is 23.0 Å². The van der Waals surface area contributed by atoms with Gasteiger partial charge in [-0.15, -0.1) is 0 Å². The second-order valence-corrected chi connectivity index (χ2v) is 5.76. The van der Waals surface area contributed by atoms with Crippen LogP contribution >= 0.6 is 0 Å². The summed E-state index contributed by atoms with van der Waals surface area (Å²) < 4.78 is 85.9. The molecule has 1 heterocycles. The van der Waals surface area contributed by atoms with Gasteiger partial charge in [-0.05, 0) is 18.2 Å². The Labute approximate surface area is 165 Å². The van der Waals surface area contributed by atoms with Crippen LogP contribution in [0.3, 0.4) is 0 Å². The largest absolute Gasteiger partial charge is 0.433 e. The van der Waals surface area contributed by atoms with Crippen LogP contribution in [-0.4, -0.2) is 16.0 Å². The summed E-state index contributed by atoms with van der Waals surface area (Å²) in [5.41, 5.74) is 1.50. The zero-order valence-electron chi connectivity index (χ0n) is 14.8. The van der Waals surface area contributed by atoms with Gasteiger partial charge in [0, 0.05) is 29.5 Å². The normalized spacial score (nSPS) is 11.5. The SMILES string of the molecule is ONC(=NCc1c(F)cccc1F)c1ccc(Oc2c(F)c(F)cc(F)c2F)nc1. The smallest absolute Gasteiger partial charge is 0.219 e. The van der Waals surface area contributed by atoms with Gasteiger partial charge in [0.2, 0.25) is 23.3 Å². The highest BCUT2D eigenvalue weighted by Gasteiger charge is 2.21. The van der Waals surface area contributed by atoms with E-state index < -0.39 is 53.1 Å². The number of amidine groups is 1. The fraction of sp³-hybridized carbons (Fsp3) is 0.0526. The van der Waals surface area contributed by atoms with E-state index in [1.165, 1.54) is 12.1 Å². The van der Waals surface area contributed by atoms with E-state index in [1.54, 1.807) is 5.48 Å². The third kappa shape index (κ3) is 4.35. The first-order valence-corrected chi connectivity index (χ1v) is 8.16. The molecule has 11 heteroatoms. The Morgan fingerprint density at radius 1 is 0.933 bits per heavy atom. The summed E-state index contributed by atoms with van der Waals surface area (Å²) in [4.78, 5) is 7.54. The van der Waals surface area contributed by atoms with Crippen molar-refractivity contribution in [2.75, 3.05) is 0 Å². The lowest BCUT2D eigenvalue weighted by molar-refractivity contribution is 0.234. The molecule has 3 rings (SSSR count). The first-order valence-electron chi connectivity index (χ1n) is 8.16. The molecule has 0 atom stereocenters. The number of hydroxylamine groups is 1. The molecule has 2 aromatic carbocycles. The Balaban J connectivity index is 1.82. The summed E-state index contributed by atoms with van der Waals surface area (Å²) in [6, 6.07) is 5.58. The Kier molecular flexibility index (Phi) is 6.21. The Morgan fingerprint density at radius 2 is 1.57 bits per heavy atom. The van der Waals surface area contributed by atoms with Gasteiger partial charge in [0.1, 0.15) is 11.6 Å². The number of halogens is 6. The molecular weight excluding hydrogens is 416 g/mol. The molecule has 156 valence electrons. The van der Waals surface area contributed by atoms with E-state index in [2.05, 4.69) is 9.98 Å². The van der Waals surface area contributed by atoms with Crippen molar-refractivity contribution in [3.8, 4) is 11.6 Å². The van der Waals surface area contributed by atoms with Gasteiger partial charge < -0.3 is 4.74 Å². The highest BCUT2D eigenvalue weighted by Crippen LogP contribution is 2.30. The van der Waals surface area contributed by atoms with Crippen LogP contribution in [0, 0.1) is 34.9 Å². The number of benzene rings is 2. The standard InChI is InChI=1S/C19H11F6N3O2/c20-11-2-1-3-12(21)10(11)8-27-19(28-29)9-4-5-15(26-7-9)30-18-16(24)13(22)6-14(23)17(18)25/h1-7,29H,8H2,(H,27,28). The van der Waals surface area contributed by atoms with Crippen molar-refractivity contribution >= 4 is 5.84 Å². The van der Waals surface area contributed by atoms with Crippen LogP contribution in [0.25, 0.3) is 0 Å². The van der Waals surface area contributed by atoms with Gasteiger partial charge >= 0.3 is 0 Å². The van der Waals surface area contributed by atoms with Crippen molar-refractivity contribution in [2.24, 2.45) is 4.99 Å². The molecule has 0 aliphatic rings. The summed E-state index contributed by atoms with van der Waals surface area (Å²) in [6.07, 6.45) is 1.03. The van der Waals surface area contributed by atoms with Crippen LogP contribution in [0.2, 0.25) is 0 Å². The number of hydrogen-bond acceptors (Lipinski definition) is 4. The minimum absolute atomic E-state index is 0.0299. The zero-order chi connectivity index (χ0) is 21.8.